The summed E-state index contributed by atoms with van der Waals surface area (Å²) in [4.78, 5) is 23.2. The zero-order valence-corrected chi connectivity index (χ0v) is 13.3. The van der Waals surface area contributed by atoms with Gasteiger partial charge in [-0.2, -0.15) is 0 Å². The Morgan fingerprint density at radius 2 is 2.17 bits per heavy atom. The van der Waals surface area contributed by atoms with Crippen LogP contribution in [0.3, 0.4) is 0 Å². The molecular weight excluding hydrogens is 296 g/mol. The van der Waals surface area contributed by atoms with Crippen LogP contribution in [0, 0.1) is 0 Å². The van der Waals surface area contributed by atoms with Gasteiger partial charge in [0.2, 0.25) is 11.8 Å². The molecule has 122 valence electrons. The summed E-state index contributed by atoms with van der Waals surface area (Å²) in [5.41, 5.74) is 1.18. The number of nitrogens with one attached hydrogen (secondary N) is 1. The van der Waals surface area contributed by atoms with Gasteiger partial charge in [-0.25, -0.2) is 9.97 Å². The van der Waals surface area contributed by atoms with Gasteiger partial charge in [-0.1, -0.05) is 0 Å². The van der Waals surface area contributed by atoms with E-state index in [1.807, 2.05) is 0 Å². The van der Waals surface area contributed by atoms with E-state index in [4.69, 9.17) is 4.74 Å². The van der Waals surface area contributed by atoms with Gasteiger partial charge in [0.25, 0.3) is 5.91 Å². The maximum Gasteiger partial charge on any atom is 0.258 e. The summed E-state index contributed by atoms with van der Waals surface area (Å²) in [5, 5.41) is 6.91. The first kappa shape index (κ1) is 15.3. The lowest BCUT2D eigenvalue weighted by Gasteiger charge is -2.15. The van der Waals surface area contributed by atoms with Crippen LogP contribution >= 0.6 is 0 Å². The van der Waals surface area contributed by atoms with Gasteiger partial charge in [0.1, 0.15) is 5.56 Å². The lowest BCUT2D eigenvalue weighted by molar-refractivity contribution is 0.0947. The fourth-order valence-corrected chi connectivity index (χ4v) is 2.59. The van der Waals surface area contributed by atoms with E-state index in [-0.39, 0.29) is 5.91 Å². The molecule has 1 fully saturated rings. The van der Waals surface area contributed by atoms with E-state index in [0.29, 0.717) is 18.0 Å². The van der Waals surface area contributed by atoms with Gasteiger partial charge in [0, 0.05) is 32.5 Å². The molecule has 3 heterocycles. The van der Waals surface area contributed by atoms with Crippen molar-refractivity contribution in [3.8, 4) is 5.88 Å². The molecule has 0 aromatic carbocycles. The van der Waals surface area contributed by atoms with Crippen molar-refractivity contribution in [1.29, 1.82) is 0 Å². The maximum absolute atomic E-state index is 12.3. The number of nitrogens with zero attached hydrogens (tertiary/aromatic N) is 5. The molecule has 0 spiro atoms. The number of aryl methyl sites for hydroxylation is 1. The lowest BCUT2D eigenvalue weighted by Crippen LogP contribution is -2.25. The minimum absolute atomic E-state index is 0.240. The summed E-state index contributed by atoms with van der Waals surface area (Å²) in [6.45, 7) is 2.31. The Morgan fingerprint density at radius 3 is 2.91 bits per heavy atom. The summed E-state index contributed by atoms with van der Waals surface area (Å²) in [6, 6.07) is 1.81. The first-order valence-electron chi connectivity index (χ1n) is 7.60. The summed E-state index contributed by atoms with van der Waals surface area (Å²) in [6.07, 6.45) is 5.70. The molecule has 8 heteroatoms. The van der Waals surface area contributed by atoms with Crippen molar-refractivity contribution in [2.24, 2.45) is 7.05 Å². The summed E-state index contributed by atoms with van der Waals surface area (Å²) in [5.74, 6) is 0.801. The van der Waals surface area contributed by atoms with E-state index in [0.717, 1.165) is 24.7 Å². The van der Waals surface area contributed by atoms with Crippen LogP contribution in [-0.2, 0) is 13.6 Å². The van der Waals surface area contributed by atoms with Crippen molar-refractivity contribution in [2.75, 3.05) is 25.1 Å². The fraction of sp³-hybridized carbons (Fsp3) is 0.467. The summed E-state index contributed by atoms with van der Waals surface area (Å²) >= 11 is 0. The van der Waals surface area contributed by atoms with E-state index < -0.39 is 0 Å². The zero-order valence-electron chi connectivity index (χ0n) is 13.3. The molecule has 1 N–H and O–H groups in total. The number of hydrogen-bond donors (Lipinski definition) is 1. The SMILES string of the molecule is COc1nn(C)cc1C(=O)NCc1ccnc(N2CCCC2)n1. The van der Waals surface area contributed by atoms with Gasteiger partial charge in [-0.3, -0.25) is 9.48 Å². The van der Waals surface area contributed by atoms with Crippen LogP contribution in [0.15, 0.2) is 18.5 Å². The Hall–Kier alpha value is -2.64. The third-order valence-electron chi connectivity index (χ3n) is 3.75. The summed E-state index contributed by atoms with van der Waals surface area (Å²) < 4.78 is 6.65. The minimum atomic E-state index is -0.240. The number of methoxy groups -OCH3 is 1. The molecule has 2 aromatic heterocycles. The van der Waals surface area contributed by atoms with E-state index in [2.05, 4.69) is 25.3 Å². The predicted molar refractivity (Wildman–Crippen MR) is 84.4 cm³/mol. The topological polar surface area (TPSA) is 85.2 Å². The number of carbonyl (C=O) groups excluding carboxylic acids is 1. The number of amides is 1. The average Bonchev–Trinajstić information content (AvgIpc) is 3.22. The smallest absolute Gasteiger partial charge is 0.258 e. The van der Waals surface area contributed by atoms with Crippen molar-refractivity contribution < 1.29 is 9.53 Å². The highest BCUT2D eigenvalue weighted by molar-refractivity contribution is 5.96. The van der Waals surface area contributed by atoms with Gasteiger partial charge >= 0.3 is 0 Å². The van der Waals surface area contributed by atoms with Crippen LogP contribution < -0.4 is 15.0 Å². The molecule has 0 aliphatic carbocycles. The molecule has 0 unspecified atom stereocenters. The number of carbonyl (C=O) groups is 1. The van der Waals surface area contributed by atoms with E-state index in [1.54, 1.807) is 30.2 Å². The van der Waals surface area contributed by atoms with Crippen LogP contribution in [-0.4, -0.2) is 45.9 Å². The van der Waals surface area contributed by atoms with Crippen LogP contribution in [0.2, 0.25) is 0 Å². The largest absolute Gasteiger partial charge is 0.479 e. The number of rotatable bonds is 5. The predicted octanol–water partition coefficient (Wildman–Crippen LogP) is 0.749. The number of aromatic nitrogens is 4. The average molecular weight is 316 g/mol. The van der Waals surface area contributed by atoms with E-state index in [9.17, 15) is 4.79 Å². The van der Waals surface area contributed by atoms with Crippen molar-refractivity contribution in [2.45, 2.75) is 19.4 Å². The molecule has 1 saturated heterocycles. The lowest BCUT2D eigenvalue weighted by atomic mass is 10.3. The molecule has 0 saturated carbocycles. The summed E-state index contributed by atoms with van der Waals surface area (Å²) in [7, 11) is 3.23. The third-order valence-corrected chi connectivity index (χ3v) is 3.75. The molecule has 8 nitrogen and oxygen atoms in total. The van der Waals surface area contributed by atoms with Crippen LogP contribution in [0.25, 0.3) is 0 Å². The fourth-order valence-electron chi connectivity index (χ4n) is 2.59. The second-order valence-corrected chi connectivity index (χ2v) is 5.45. The molecule has 0 atom stereocenters. The van der Waals surface area contributed by atoms with Gasteiger partial charge < -0.3 is 15.0 Å². The van der Waals surface area contributed by atoms with Crippen molar-refractivity contribution in [3.63, 3.8) is 0 Å². The van der Waals surface area contributed by atoms with Crippen LogP contribution in [0.1, 0.15) is 28.9 Å². The van der Waals surface area contributed by atoms with Crippen molar-refractivity contribution in [3.05, 3.63) is 29.7 Å². The molecule has 1 amide bonds. The second-order valence-electron chi connectivity index (χ2n) is 5.45. The Labute approximate surface area is 134 Å². The standard InChI is InChI=1S/C15H20N6O2/c1-20-10-12(14(19-20)23-2)13(22)17-9-11-5-6-16-15(18-11)21-7-3-4-8-21/h5-6,10H,3-4,7-9H2,1-2H3,(H,17,22). The number of hydrogen-bond acceptors (Lipinski definition) is 6. The molecular formula is C15H20N6O2. The first-order chi connectivity index (χ1) is 11.2. The monoisotopic (exact) mass is 316 g/mol. The highest BCUT2D eigenvalue weighted by atomic mass is 16.5. The maximum atomic E-state index is 12.3. The third kappa shape index (κ3) is 3.41. The molecule has 1 aliphatic rings. The Bertz CT molecular complexity index is 693. The zero-order chi connectivity index (χ0) is 16.2. The normalized spacial score (nSPS) is 14.1. The minimum Gasteiger partial charge on any atom is -0.479 e. The van der Waals surface area contributed by atoms with Gasteiger partial charge in [-0.15, -0.1) is 5.10 Å². The Morgan fingerprint density at radius 1 is 1.39 bits per heavy atom. The Kier molecular flexibility index (Phi) is 4.40. The molecule has 2 aromatic rings. The van der Waals surface area contributed by atoms with E-state index in [1.165, 1.54) is 20.0 Å². The van der Waals surface area contributed by atoms with Crippen molar-refractivity contribution in [1.82, 2.24) is 25.1 Å². The van der Waals surface area contributed by atoms with Gasteiger partial charge in [0.05, 0.1) is 19.3 Å². The number of anilines is 1. The Balaban J connectivity index is 1.65. The molecule has 0 bridgehead atoms. The molecule has 1 aliphatic heterocycles. The molecule has 0 radical (unpaired) electrons. The first-order valence-corrected chi connectivity index (χ1v) is 7.60. The quantitative estimate of drug-likeness (QED) is 0.876. The van der Waals surface area contributed by atoms with Crippen molar-refractivity contribution >= 4 is 11.9 Å². The van der Waals surface area contributed by atoms with Crippen LogP contribution in [0.4, 0.5) is 5.95 Å². The highest BCUT2D eigenvalue weighted by Gasteiger charge is 2.17. The number of ether oxygens (including phenoxy) is 1. The molecule has 23 heavy (non-hydrogen) atoms. The van der Waals surface area contributed by atoms with Crippen LogP contribution in [0.5, 0.6) is 5.88 Å². The molecule has 3 rings (SSSR count). The van der Waals surface area contributed by atoms with Gasteiger partial charge in [0.15, 0.2) is 0 Å². The highest BCUT2D eigenvalue weighted by Crippen LogP contribution is 2.16. The second kappa shape index (κ2) is 6.64. The van der Waals surface area contributed by atoms with Gasteiger partial charge in [-0.05, 0) is 18.9 Å². The van der Waals surface area contributed by atoms with E-state index >= 15 is 0 Å².